The smallest absolute Gasteiger partial charge is 0.160 e. The number of aliphatic imine (C=N–C) groups is 1. The first-order valence-electron chi connectivity index (χ1n) is 12.3. The van der Waals surface area contributed by atoms with E-state index in [2.05, 4.69) is 24.0 Å². The predicted molar refractivity (Wildman–Crippen MR) is 145 cm³/mol. The maximum Gasteiger partial charge on any atom is 0.160 e. The Kier molecular flexibility index (Phi) is 8.62. The van der Waals surface area contributed by atoms with Crippen molar-refractivity contribution in [3.05, 3.63) is 84.3 Å². The Labute approximate surface area is 211 Å². The normalized spacial score (nSPS) is 19.9. The Balaban J connectivity index is 1.84. The van der Waals surface area contributed by atoms with Crippen molar-refractivity contribution >= 4 is 28.6 Å². The van der Waals surface area contributed by atoms with E-state index in [1.165, 1.54) is 12.3 Å². The first-order chi connectivity index (χ1) is 17.6. The Morgan fingerprint density at radius 3 is 2.83 bits per heavy atom. The van der Waals surface area contributed by atoms with Gasteiger partial charge in [0.15, 0.2) is 11.5 Å². The SMILES string of the molecule is C\C=C/C(=C\C=C\CC)c1cc2nc(N=C(C=CN)C3=CC=CC(F)C3)cc(N3CCOCC3)n2n1. The highest BCUT2D eigenvalue weighted by Crippen LogP contribution is 2.27. The van der Waals surface area contributed by atoms with E-state index in [9.17, 15) is 4.39 Å². The molecule has 3 heterocycles. The monoisotopic (exact) mass is 488 g/mol. The van der Waals surface area contributed by atoms with Gasteiger partial charge in [0.2, 0.25) is 0 Å². The number of nitrogens with zero attached hydrogens (tertiary/aromatic N) is 5. The van der Waals surface area contributed by atoms with E-state index < -0.39 is 6.17 Å². The van der Waals surface area contributed by atoms with Crippen molar-refractivity contribution in [2.75, 3.05) is 31.2 Å². The molecule has 1 aliphatic carbocycles. The van der Waals surface area contributed by atoms with E-state index in [0.717, 1.165) is 42.2 Å². The molecule has 0 amide bonds. The lowest BCUT2D eigenvalue weighted by atomic mass is 9.99. The van der Waals surface area contributed by atoms with E-state index >= 15 is 0 Å². The number of fused-ring (bicyclic) bond motifs is 1. The van der Waals surface area contributed by atoms with Gasteiger partial charge in [-0.3, -0.25) is 0 Å². The molecular formula is C28H33FN6O. The highest BCUT2D eigenvalue weighted by Gasteiger charge is 2.19. The van der Waals surface area contributed by atoms with Crippen LogP contribution in [-0.4, -0.2) is 52.8 Å². The van der Waals surface area contributed by atoms with Gasteiger partial charge in [-0.1, -0.05) is 55.5 Å². The highest BCUT2D eigenvalue weighted by atomic mass is 19.1. The van der Waals surface area contributed by atoms with E-state index in [0.29, 0.717) is 30.4 Å². The fraction of sp³-hybridized carbons (Fsp3) is 0.321. The summed E-state index contributed by atoms with van der Waals surface area (Å²) in [5, 5.41) is 4.91. The maximum absolute atomic E-state index is 14.0. The van der Waals surface area contributed by atoms with Crippen molar-refractivity contribution in [3.8, 4) is 0 Å². The molecule has 2 aromatic heterocycles. The number of hydrogen-bond donors (Lipinski definition) is 1. The van der Waals surface area contributed by atoms with Crippen molar-refractivity contribution in [1.29, 1.82) is 0 Å². The van der Waals surface area contributed by atoms with Crippen molar-refractivity contribution < 1.29 is 9.13 Å². The molecule has 1 fully saturated rings. The summed E-state index contributed by atoms with van der Waals surface area (Å²) >= 11 is 0. The number of allylic oxidation sites excluding steroid dienone is 11. The van der Waals surface area contributed by atoms with Crippen molar-refractivity contribution in [1.82, 2.24) is 14.6 Å². The number of morpholine rings is 1. The van der Waals surface area contributed by atoms with Crippen molar-refractivity contribution in [2.24, 2.45) is 10.7 Å². The molecule has 1 aliphatic heterocycles. The zero-order valence-electron chi connectivity index (χ0n) is 20.8. The minimum Gasteiger partial charge on any atom is -0.405 e. The van der Waals surface area contributed by atoms with Gasteiger partial charge in [-0.2, -0.15) is 9.61 Å². The third-order valence-corrected chi connectivity index (χ3v) is 5.87. The Hall–Kier alpha value is -3.78. The van der Waals surface area contributed by atoms with Crippen LogP contribution < -0.4 is 10.6 Å². The summed E-state index contributed by atoms with van der Waals surface area (Å²) in [4.78, 5) is 11.8. The molecule has 36 heavy (non-hydrogen) atoms. The van der Waals surface area contributed by atoms with Crippen molar-refractivity contribution in [3.63, 3.8) is 0 Å². The summed E-state index contributed by atoms with van der Waals surface area (Å²) in [7, 11) is 0. The van der Waals surface area contributed by atoms with Crippen molar-refractivity contribution in [2.45, 2.75) is 32.9 Å². The molecule has 2 N–H and O–H groups in total. The van der Waals surface area contributed by atoms with Gasteiger partial charge in [-0.15, -0.1) is 0 Å². The largest absolute Gasteiger partial charge is 0.405 e. The second kappa shape index (κ2) is 12.3. The van der Waals surface area contributed by atoms with Gasteiger partial charge < -0.3 is 15.4 Å². The minimum atomic E-state index is -1.04. The number of alkyl halides is 1. The van der Waals surface area contributed by atoms with Gasteiger partial charge in [0.05, 0.1) is 24.6 Å². The van der Waals surface area contributed by atoms with E-state index in [1.54, 1.807) is 12.2 Å². The molecular weight excluding hydrogens is 455 g/mol. The van der Waals surface area contributed by atoms with Gasteiger partial charge in [0.1, 0.15) is 12.0 Å². The van der Waals surface area contributed by atoms with Crippen LogP contribution in [0.5, 0.6) is 0 Å². The molecule has 0 aromatic carbocycles. The first-order valence-corrected chi connectivity index (χ1v) is 12.3. The molecule has 1 atom stereocenters. The second-order valence-corrected chi connectivity index (χ2v) is 8.48. The fourth-order valence-corrected chi connectivity index (χ4v) is 4.13. The Bertz CT molecular complexity index is 1270. The minimum absolute atomic E-state index is 0.248. The van der Waals surface area contributed by atoms with Crippen LogP contribution in [0, 0.1) is 0 Å². The van der Waals surface area contributed by atoms with Gasteiger partial charge in [0.25, 0.3) is 0 Å². The lowest BCUT2D eigenvalue weighted by Gasteiger charge is -2.28. The van der Waals surface area contributed by atoms with Crippen LogP contribution in [0.4, 0.5) is 16.0 Å². The molecule has 0 spiro atoms. The molecule has 1 saturated heterocycles. The number of hydrogen-bond acceptors (Lipinski definition) is 6. The third kappa shape index (κ3) is 6.07. The lowest BCUT2D eigenvalue weighted by molar-refractivity contribution is 0.122. The average molecular weight is 489 g/mol. The number of anilines is 1. The van der Waals surface area contributed by atoms with E-state index in [4.69, 9.17) is 25.5 Å². The number of aromatic nitrogens is 3. The molecule has 2 aliphatic rings. The maximum atomic E-state index is 14.0. The van der Waals surface area contributed by atoms with Crippen LogP contribution in [0.25, 0.3) is 11.2 Å². The molecule has 188 valence electrons. The molecule has 2 aromatic rings. The van der Waals surface area contributed by atoms with Crippen LogP contribution in [0.3, 0.4) is 0 Å². The summed E-state index contributed by atoms with van der Waals surface area (Å²) < 4.78 is 21.5. The molecule has 4 rings (SSSR count). The molecule has 0 saturated carbocycles. The molecule has 8 heteroatoms. The van der Waals surface area contributed by atoms with Gasteiger partial charge in [-0.25, -0.2) is 14.4 Å². The average Bonchev–Trinajstić information content (AvgIpc) is 3.32. The van der Waals surface area contributed by atoms with Crippen LogP contribution >= 0.6 is 0 Å². The topological polar surface area (TPSA) is 81.0 Å². The zero-order valence-corrected chi connectivity index (χ0v) is 20.8. The summed E-state index contributed by atoms with van der Waals surface area (Å²) in [5.74, 6) is 1.39. The standard InChI is InChI=1S/C28H33FN6O/c1-3-5-6-9-21(8-4-2)25-19-27-32-26(20-28(35(27)33-25)34-14-16-36-17-15-34)31-24(12-13-30)22-10-7-11-23(29)18-22/h4-13,19-20,23H,3,14-18,30H2,1-2H3/b6-5+,8-4-,13-12?,21-9+,31-24?. The summed E-state index contributed by atoms with van der Waals surface area (Å²) in [6.07, 6.45) is 18.6. The molecule has 7 nitrogen and oxygen atoms in total. The Morgan fingerprint density at radius 2 is 2.11 bits per heavy atom. The zero-order chi connectivity index (χ0) is 25.3. The summed E-state index contributed by atoms with van der Waals surface area (Å²) in [5.41, 5.74) is 9.56. The molecule has 0 bridgehead atoms. The summed E-state index contributed by atoms with van der Waals surface area (Å²) in [6, 6.07) is 3.88. The number of nitrogens with two attached hydrogens (primary N) is 1. The highest BCUT2D eigenvalue weighted by molar-refractivity contribution is 6.09. The van der Waals surface area contributed by atoms with Crippen LogP contribution in [0.15, 0.2) is 83.6 Å². The fourth-order valence-electron chi connectivity index (χ4n) is 4.13. The van der Waals surface area contributed by atoms with Crippen LogP contribution in [0.2, 0.25) is 0 Å². The number of ether oxygens (including phenoxy) is 1. The quantitative estimate of drug-likeness (QED) is 0.405. The lowest BCUT2D eigenvalue weighted by Crippen LogP contribution is -2.37. The predicted octanol–water partition coefficient (Wildman–Crippen LogP) is 5.26. The van der Waals surface area contributed by atoms with E-state index in [1.807, 2.05) is 47.9 Å². The van der Waals surface area contributed by atoms with Gasteiger partial charge in [-0.05, 0) is 31.2 Å². The summed E-state index contributed by atoms with van der Waals surface area (Å²) in [6.45, 7) is 6.85. The van der Waals surface area contributed by atoms with E-state index in [-0.39, 0.29) is 6.42 Å². The number of halogens is 1. The molecule has 1 unspecified atom stereocenters. The van der Waals surface area contributed by atoms with Crippen LogP contribution in [-0.2, 0) is 4.74 Å². The Morgan fingerprint density at radius 1 is 1.28 bits per heavy atom. The first kappa shape index (κ1) is 25.3. The van der Waals surface area contributed by atoms with Gasteiger partial charge >= 0.3 is 0 Å². The number of rotatable bonds is 8. The van der Waals surface area contributed by atoms with Gasteiger partial charge in [0, 0.05) is 37.2 Å². The third-order valence-electron chi connectivity index (χ3n) is 5.87. The molecule has 0 radical (unpaired) electrons. The second-order valence-electron chi connectivity index (χ2n) is 8.48. The van der Waals surface area contributed by atoms with Crippen LogP contribution in [0.1, 0.15) is 32.4 Å².